The van der Waals surface area contributed by atoms with Crippen LogP contribution < -0.4 is 5.32 Å². The highest BCUT2D eigenvalue weighted by Crippen LogP contribution is 2.42. The summed E-state index contributed by atoms with van der Waals surface area (Å²) in [5.41, 5.74) is -0.163. The molecular formula is C13H22N2. The molecule has 2 rings (SSSR count). The van der Waals surface area contributed by atoms with Gasteiger partial charge in [0.05, 0.1) is 6.07 Å². The standard InChI is InChI=1S/C13H22N2/c1-10(2)11-7-13(8-11,9-14)15-12-5-3-4-6-12/h10-12,15H,3-8H2,1-2H3. The zero-order chi connectivity index (χ0) is 10.9. The Morgan fingerprint density at radius 3 is 2.33 bits per heavy atom. The van der Waals surface area contributed by atoms with Crippen molar-refractivity contribution in [1.82, 2.24) is 5.32 Å². The predicted molar refractivity (Wildman–Crippen MR) is 61.3 cm³/mol. The summed E-state index contributed by atoms with van der Waals surface area (Å²) in [4.78, 5) is 0. The molecule has 0 heterocycles. The van der Waals surface area contributed by atoms with E-state index in [1.807, 2.05) is 0 Å². The molecule has 0 amide bonds. The molecule has 0 radical (unpaired) electrons. The van der Waals surface area contributed by atoms with E-state index >= 15 is 0 Å². The molecule has 0 aromatic rings. The first kappa shape index (κ1) is 11.0. The number of nitrogens with zero attached hydrogens (tertiary/aromatic N) is 1. The molecule has 2 fully saturated rings. The summed E-state index contributed by atoms with van der Waals surface area (Å²) in [7, 11) is 0. The average Bonchev–Trinajstić information content (AvgIpc) is 2.62. The predicted octanol–water partition coefficient (Wildman–Crippen LogP) is 2.85. The van der Waals surface area contributed by atoms with Gasteiger partial charge in [0.1, 0.15) is 5.54 Å². The number of hydrogen-bond donors (Lipinski definition) is 1. The fourth-order valence-electron chi connectivity index (χ4n) is 3.01. The van der Waals surface area contributed by atoms with E-state index < -0.39 is 0 Å². The quantitative estimate of drug-likeness (QED) is 0.770. The van der Waals surface area contributed by atoms with E-state index in [0.717, 1.165) is 24.7 Å². The summed E-state index contributed by atoms with van der Waals surface area (Å²) < 4.78 is 0. The van der Waals surface area contributed by atoms with Crippen LogP contribution in [0.15, 0.2) is 0 Å². The van der Waals surface area contributed by atoms with E-state index in [0.29, 0.717) is 6.04 Å². The smallest absolute Gasteiger partial charge is 0.107 e. The fraction of sp³-hybridized carbons (Fsp3) is 0.923. The molecule has 2 heteroatoms. The minimum Gasteiger partial charge on any atom is -0.297 e. The Kier molecular flexibility index (Phi) is 3.02. The average molecular weight is 206 g/mol. The van der Waals surface area contributed by atoms with Gasteiger partial charge in [-0.2, -0.15) is 5.26 Å². The van der Waals surface area contributed by atoms with Gasteiger partial charge < -0.3 is 0 Å². The van der Waals surface area contributed by atoms with Gasteiger partial charge in [-0.25, -0.2) is 0 Å². The minimum atomic E-state index is -0.163. The Balaban J connectivity index is 1.86. The van der Waals surface area contributed by atoms with Crippen molar-refractivity contribution in [1.29, 1.82) is 5.26 Å². The SMILES string of the molecule is CC(C)C1CC(C#N)(NC2CCCC2)C1. The molecule has 0 atom stereocenters. The minimum absolute atomic E-state index is 0.163. The maximum Gasteiger partial charge on any atom is 0.107 e. The Hall–Kier alpha value is -0.550. The van der Waals surface area contributed by atoms with Crippen LogP contribution in [0.25, 0.3) is 0 Å². The molecule has 0 unspecified atom stereocenters. The van der Waals surface area contributed by atoms with E-state index in [1.165, 1.54) is 25.7 Å². The van der Waals surface area contributed by atoms with Gasteiger partial charge in [-0.05, 0) is 37.5 Å². The lowest BCUT2D eigenvalue weighted by molar-refractivity contribution is 0.104. The summed E-state index contributed by atoms with van der Waals surface area (Å²) in [6, 6.07) is 3.14. The molecule has 0 aliphatic heterocycles. The maximum atomic E-state index is 9.28. The van der Waals surface area contributed by atoms with Crippen LogP contribution in [0.4, 0.5) is 0 Å². The molecule has 2 aliphatic carbocycles. The molecule has 2 aliphatic rings. The fourth-order valence-corrected chi connectivity index (χ4v) is 3.01. The highest BCUT2D eigenvalue weighted by Gasteiger charge is 2.46. The van der Waals surface area contributed by atoms with Gasteiger partial charge in [-0.1, -0.05) is 26.7 Å². The second-order valence-corrected chi connectivity index (χ2v) is 5.73. The molecule has 15 heavy (non-hydrogen) atoms. The van der Waals surface area contributed by atoms with E-state index in [-0.39, 0.29) is 5.54 Å². The van der Waals surface area contributed by atoms with Crippen molar-refractivity contribution in [3.63, 3.8) is 0 Å². The highest BCUT2D eigenvalue weighted by atomic mass is 15.0. The van der Waals surface area contributed by atoms with Crippen molar-refractivity contribution in [2.24, 2.45) is 11.8 Å². The van der Waals surface area contributed by atoms with Gasteiger partial charge in [0.15, 0.2) is 0 Å². The van der Waals surface area contributed by atoms with Crippen molar-refractivity contribution >= 4 is 0 Å². The van der Waals surface area contributed by atoms with E-state index in [9.17, 15) is 5.26 Å². The van der Waals surface area contributed by atoms with Gasteiger partial charge in [-0.3, -0.25) is 5.32 Å². The lowest BCUT2D eigenvalue weighted by Crippen LogP contribution is -2.58. The van der Waals surface area contributed by atoms with Crippen LogP contribution in [-0.2, 0) is 0 Å². The third kappa shape index (κ3) is 2.18. The first-order valence-electron chi connectivity index (χ1n) is 6.34. The zero-order valence-electron chi connectivity index (χ0n) is 9.92. The molecule has 0 aromatic carbocycles. The first-order chi connectivity index (χ1) is 7.15. The van der Waals surface area contributed by atoms with E-state index in [1.54, 1.807) is 0 Å². The second kappa shape index (κ2) is 4.14. The lowest BCUT2D eigenvalue weighted by Gasteiger charge is -2.46. The number of rotatable bonds is 3. The first-order valence-corrected chi connectivity index (χ1v) is 6.34. The van der Waals surface area contributed by atoms with Crippen LogP contribution in [0.3, 0.4) is 0 Å². The maximum absolute atomic E-state index is 9.28. The molecule has 84 valence electrons. The molecular weight excluding hydrogens is 184 g/mol. The van der Waals surface area contributed by atoms with Crippen molar-refractivity contribution < 1.29 is 0 Å². The van der Waals surface area contributed by atoms with Crippen LogP contribution in [0.2, 0.25) is 0 Å². The third-order valence-corrected chi connectivity index (χ3v) is 4.21. The van der Waals surface area contributed by atoms with Crippen LogP contribution in [0, 0.1) is 23.2 Å². The molecule has 0 saturated heterocycles. The van der Waals surface area contributed by atoms with Gasteiger partial charge in [0.25, 0.3) is 0 Å². The second-order valence-electron chi connectivity index (χ2n) is 5.73. The Morgan fingerprint density at radius 1 is 1.27 bits per heavy atom. The molecule has 2 nitrogen and oxygen atoms in total. The Morgan fingerprint density at radius 2 is 1.87 bits per heavy atom. The van der Waals surface area contributed by atoms with Gasteiger partial charge in [-0.15, -0.1) is 0 Å². The van der Waals surface area contributed by atoms with Crippen LogP contribution in [0.1, 0.15) is 52.4 Å². The third-order valence-electron chi connectivity index (χ3n) is 4.21. The number of hydrogen-bond acceptors (Lipinski definition) is 2. The largest absolute Gasteiger partial charge is 0.297 e. The van der Waals surface area contributed by atoms with Crippen molar-refractivity contribution in [3.05, 3.63) is 0 Å². The number of nitriles is 1. The normalized spacial score (nSPS) is 36.5. The molecule has 0 spiro atoms. The molecule has 1 N–H and O–H groups in total. The van der Waals surface area contributed by atoms with E-state index in [2.05, 4.69) is 25.2 Å². The monoisotopic (exact) mass is 206 g/mol. The molecule has 2 saturated carbocycles. The van der Waals surface area contributed by atoms with Crippen molar-refractivity contribution in [2.45, 2.75) is 64.0 Å². The van der Waals surface area contributed by atoms with E-state index in [4.69, 9.17) is 0 Å². The molecule has 0 bridgehead atoms. The van der Waals surface area contributed by atoms with Crippen LogP contribution in [-0.4, -0.2) is 11.6 Å². The summed E-state index contributed by atoms with van der Waals surface area (Å²) >= 11 is 0. The zero-order valence-corrected chi connectivity index (χ0v) is 9.92. The summed E-state index contributed by atoms with van der Waals surface area (Å²) in [6.07, 6.45) is 7.36. The highest BCUT2D eigenvalue weighted by molar-refractivity contribution is 5.16. The summed E-state index contributed by atoms with van der Waals surface area (Å²) in [6.45, 7) is 4.53. The summed E-state index contributed by atoms with van der Waals surface area (Å²) in [5.74, 6) is 1.50. The Bertz CT molecular complexity index is 252. The van der Waals surface area contributed by atoms with Crippen molar-refractivity contribution in [3.8, 4) is 6.07 Å². The van der Waals surface area contributed by atoms with Crippen LogP contribution in [0.5, 0.6) is 0 Å². The lowest BCUT2D eigenvalue weighted by atomic mass is 9.64. The summed E-state index contributed by atoms with van der Waals surface area (Å²) in [5, 5.41) is 12.9. The van der Waals surface area contributed by atoms with Gasteiger partial charge in [0, 0.05) is 6.04 Å². The van der Waals surface area contributed by atoms with Crippen LogP contribution >= 0.6 is 0 Å². The Labute approximate surface area is 93.0 Å². The van der Waals surface area contributed by atoms with Gasteiger partial charge >= 0.3 is 0 Å². The van der Waals surface area contributed by atoms with Crippen molar-refractivity contribution in [2.75, 3.05) is 0 Å². The topological polar surface area (TPSA) is 35.8 Å². The number of nitrogens with one attached hydrogen (secondary N) is 1. The van der Waals surface area contributed by atoms with Gasteiger partial charge in [0.2, 0.25) is 0 Å². The molecule has 0 aromatic heterocycles.